The van der Waals surface area contributed by atoms with Crippen LogP contribution in [0.2, 0.25) is 0 Å². The Hall–Kier alpha value is -3.03. The lowest BCUT2D eigenvalue weighted by Crippen LogP contribution is -2.35. The lowest BCUT2D eigenvalue weighted by molar-refractivity contribution is 0.232. The molecule has 0 saturated heterocycles. The second-order valence-corrected chi connectivity index (χ2v) is 7.02. The van der Waals surface area contributed by atoms with Gasteiger partial charge in [0.15, 0.2) is 0 Å². The van der Waals surface area contributed by atoms with Gasteiger partial charge in [0.2, 0.25) is 0 Å². The van der Waals surface area contributed by atoms with Crippen molar-refractivity contribution < 1.29 is 10.2 Å². The Bertz CT molecular complexity index is 1060. The van der Waals surface area contributed by atoms with Gasteiger partial charge in [-0.2, -0.15) is 0 Å². The number of fused-ring (bicyclic) bond motifs is 1. The molecule has 0 radical (unpaired) electrons. The van der Waals surface area contributed by atoms with E-state index in [0.717, 1.165) is 11.3 Å². The summed E-state index contributed by atoms with van der Waals surface area (Å²) in [5.74, 6) is 0.687. The lowest BCUT2D eigenvalue weighted by Gasteiger charge is -2.28. The molecule has 3 aromatic rings. The van der Waals surface area contributed by atoms with Crippen LogP contribution in [0.15, 0.2) is 41.3 Å². The number of pyridine rings is 1. The van der Waals surface area contributed by atoms with E-state index >= 15 is 0 Å². The second kappa shape index (κ2) is 7.53. The molecule has 1 aliphatic rings. The summed E-state index contributed by atoms with van der Waals surface area (Å²) >= 11 is 0. The molecule has 2 aromatic heterocycles. The number of aromatic amines is 1. The Morgan fingerprint density at radius 1 is 1.25 bits per heavy atom. The van der Waals surface area contributed by atoms with Crippen molar-refractivity contribution in [3.8, 4) is 17.1 Å². The summed E-state index contributed by atoms with van der Waals surface area (Å²) in [4.78, 5) is 26.4. The monoisotopic (exact) mass is 378 g/mol. The molecule has 3 heterocycles. The van der Waals surface area contributed by atoms with Crippen LogP contribution in [0.1, 0.15) is 28.1 Å². The molecule has 0 atom stereocenters. The number of hydrogen-bond acceptors (Lipinski definition) is 6. The van der Waals surface area contributed by atoms with Crippen molar-refractivity contribution in [1.29, 1.82) is 0 Å². The molecule has 144 valence electrons. The van der Waals surface area contributed by atoms with E-state index in [1.807, 2.05) is 30.3 Å². The summed E-state index contributed by atoms with van der Waals surface area (Å²) in [7, 11) is 0. The zero-order chi connectivity index (χ0) is 19.7. The minimum absolute atomic E-state index is 0.101. The number of aliphatic hydroxyl groups excluding tert-OH is 1. The van der Waals surface area contributed by atoms with Crippen LogP contribution in [0.25, 0.3) is 11.4 Å². The number of nitrogens with one attached hydrogen (secondary N) is 1. The van der Waals surface area contributed by atoms with Gasteiger partial charge in [-0.05, 0) is 6.92 Å². The van der Waals surface area contributed by atoms with E-state index in [-0.39, 0.29) is 17.9 Å². The van der Waals surface area contributed by atoms with E-state index < -0.39 is 0 Å². The number of nitrogens with zero attached hydrogens (tertiary/aromatic N) is 3. The summed E-state index contributed by atoms with van der Waals surface area (Å²) in [5.41, 5.74) is 4.00. The van der Waals surface area contributed by atoms with Gasteiger partial charge in [-0.3, -0.25) is 14.7 Å². The molecule has 7 nitrogen and oxygen atoms in total. The lowest BCUT2D eigenvalue weighted by atomic mass is 10.0. The Kier molecular flexibility index (Phi) is 4.93. The number of H-pyrrole nitrogens is 1. The molecule has 3 N–H and O–H groups in total. The Labute approximate surface area is 162 Å². The normalized spacial score (nSPS) is 14.1. The number of rotatable bonds is 4. The first-order chi connectivity index (χ1) is 13.6. The second-order valence-electron chi connectivity index (χ2n) is 7.02. The standard InChI is InChI=1S/C21H22N4O3/c1-13-19(27)16(15(12-26)9-22-13)10-25-8-7-18-17(11-25)21(28)24-20(23-18)14-5-3-2-4-6-14/h2-6,9,26-27H,7-8,10-12H2,1H3,(H,23,24,28). The Balaban J connectivity index is 1.61. The number of aliphatic hydroxyl groups is 1. The first kappa shape index (κ1) is 18.3. The number of benzene rings is 1. The molecule has 0 unspecified atom stereocenters. The molecule has 4 rings (SSSR count). The van der Waals surface area contributed by atoms with E-state index in [9.17, 15) is 15.0 Å². The maximum atomic E-state index is 12.7. The third kappa shape index (κ3) is 3.42. The summed E-state index contributed by atoms with van der Waals surface area (Å²) in [6.07, 6.45) is 2.24. The quantitative estimate of drug-likeness (QED) is 0.641. The zero-order valence-electron chi connectivity index (χ0n) is 15.6. The van der Waals surface area contributed by atoms with E-state index in [1.54, 1.807) is 13.1 Å². The third-order valence-electron chi connectivity index (χ3n) is 5.18. The van der Waals surface area contributed by atoms with Gasteiger partial charge < -0.3 is 15.2 Å². The van der Waals surface area contributed by atoms with Crippen molar-refractivity contribution in [3.63, 3.8) is 0 Å². The fourth-order valence-electron chi connectivity index (χ4n) is 3.57. The SMILES string of the molecule is Cc1ncc(CO)c(CN2CCc3nc(-c4ccccc4)[nH]c(=O)c3C2)c1O. The van der Waals surface area contributed by atoms with Crippen LogP contribution < -0.4 is 5.56 Å². The average Bonchev–Trinajstić information content (AvgIpc) is 2.72. The summed E-state index contributed by atoms with van der Waals surface area (Å²) < 4.78 is 0. The average molecular weight is 378 g/mol. The maximum absolute atomic E-state index is 12.7. The van der Waals surface area contributed by atoms with Crippen molar-refractivity contribution in [2.24, 2.45) is 0 Å². The van der Waals surface area contributed by atoms with Crippen LogP contribution in [0.3, 0.4) is 0 Å². The minimum atomic E-state index is -0.191. The van der Waals surface area contributed by atoms with Crippen LogP contribution >= 0.6 is 0 Å². The summed E-state index contributed by atoms with van der Waals surface area (Å²) in [6.45, 7) is 3.13. The van der Waals surface area contributed by atoms with Crippen LogP contribution in [-0.2, 0) is 26.1 Å². The van der Waals surface area contributed by atoms with Crippen LogP contribution in [0.4, 0.5) is 0 Å². The Morgan fingerprint density at radius 3 is 2.79 bits per heavy atom. The van der Waals surface area contributed by atoms with Crippen molar-refractivity contribution in [2.75, 3.05) is 6.54 Å². The first-order valence-electron chi connectivity index (χ1n) is 9.24. The fourth-order valence-corrected chi connectivity index (χ4v) is 3.57. The largest absolute Gasteiger partial charge is 0.506 e. The number of aromatic hydroxyl groups is 1. The van der Waals surface area contributed by atoms with E-state index in [1.165, 1.54) is 0 Å². The smallest absolute Gasteiger partial charge is 0.255 e. The number of aryl methyl sites for hydroxylation is 1. The molecule has 0 saturated carbocycles. The topological polar surface area (TPSA) is 102 Å². The Morgan fingerprint density at radius 2 is 2.04 bits per heavy atom. The van der Waals surface area contributed by atoms with Crippen LogP contribution in [-0.4, -0.2) is 36.6 Å². The predicted molar refractivity (Wildman–Crippen MR) is 105 cm³/mol. The third-order valence-corrected chi connectivity index (χ3v) is 5.18. The van der Waals surface area contributed by atoms with E-state index in [2.05, 4.69) is 19.9 Å². The number of aromatic nitrogens is 3. The molecule has 0 bridgehead atoms. The summed E-state index contributed by atoms with van der Waals surface area (Å²) in [6, 6.07) is 9.60. The highest BCUT2D eigenvalue weighted by atomic mass is 16.3. The van der Waals surface area contributed by atoms with Gasteiger partial charge in [0.25, 0.3) is 5.56 Å². The molecule has 0 aliphatic carbocycles. The van der Waals surface area contributed by atoms with Gasteiger partial charge in [0.1, 0.15) is 11.6 Å². The molecule has 1 aliphatic heterocycles. The molecule has 7 heteroatoms. The maximum Gasteiger partial charge on any atom is 0.255 e. The van der Waals surface area contributed by atoms with Crippen molar-refractivity contribution in [3.05, 3.63) is 75.0 Å². The molecule has 0 amide bonds. The highest BCUT2D eigenvalue weighted by molar-refractivity contribution is 5.54. The number of hydrogen-bond donors (Lipinski definition) is 3. The van der Waals surface area contributed by atoms with Gasteiger partial charge in [-0.25, -0.2) is 4.98 Å². The van der Waals surface area contributed by atoms with Crippen molar-refractivity contribution in [1.82, 2.24) is 19.9 Å². The molecule has 0 spiro atoms. The van der Waals surface area contributed by atoms with Gasteiger partial charge >= 0.3 is 0 Å². The minimum Gasteiger partial charge on any atom is -0.506 e. The highest BCUT2D eigenvalue weighted by Gasteiger charge is 2.23. The van der Waals surface area contributed by atoms with Crippen molar-refractivity contribution in [2.45, 2.75) is 33.0 Å². The zero-order valence-corrected chi connectivity index (χ0v) is 15.6. The molecular weight excluding hydrogens is 356 g/mol. The van der Waals surface area contributed by atoms with Gasteiger partial charge in [-0.1, -0.05) is 30.3 Å². The fraction of sp³-hybridized carbons (Fsp3) is 0.286. The molecular formula is C21H22N4O3. The van der Waals surface area contributed by atoms with Crippen molar-refractivity contribution >= 4 is 0 Å². The van der Waals surface area contributed by atoms with Crippen LogP contribution in [0.5, 0.6) is 5.75 Å². The van der Waals surface area contributed by atoms with Gasteiger partial charge in [0.05, 0.1) is 23.6 Å². The molecule has 0 fully saturated rings. The summed E-state index contributed by atoms with van der Waals surface area (Å²) in [5, 5.41) is 19.9. The van der Waals surface area contributed by atoms with Crippen LogP contribution in [0, 0.1) is 6.92 Å². The van der Waals surface area contributed by atoms with E-state index in [4.69, 9.17) is 0 Å². The molecule has 1 aromatic carbocycles. The van der Waals surface area contributed by atoms with E-state index in [0.29, 0.717) is 54.3 Å². The molecule has 28 heavy (non-hydrogen) atoms. The predicted octanol–water partition coefficient (Wildman–Crippen LogP) is 1.90. The van der Waals surface area contributed by atoms with Gasteiger partial charge in [0, 0.05) is 48.9 Å². The highest BCUT2D eigenvalue weighted by Crippen LogP contribution is 2.27. The first-order valence-corrected chi connectivity index (χ1v) is 9.24. The van der Waals surface area contributed by atoms with Gasteiger partial charge in [-0.15, -0.1) is 0 Å².